The standard InChI is InChI=1S/C13H20N2O4S/c1-3-20(17,18)9-10(2)15-11-5-4-6-12(7-11)19-8-13(14)16/h4-7,10,15H,3,8-9H2,1-2H3,(H2,14,16). The van der Waals surface area contributed by atoms with Gasteiger partial charge in [-0.1, -0.05) is 13.0 Å². The van der Waals surface area contributed by atoms with E-state index in [9.17, 15) is 13.2 Å². The minimum absolute atomic E-state index is 0.0653. The van der Waals surface area contributed by atoms with Gasteiger partial charge < -0.3 is 15.8 Å². The molecule has 1 aromatic rings. The van der Waals surface area contributed by atoms with E-state index in [0.717, 1.165) is 5.69 Å². The molecule has 1 aromatic carbocycles. The summed E-state index contributed by atoms with van der Waals surface area (Å²) in [4.78, 5) is 10.6. The normalized spacial score (nSPS) is 12.7. The number of nitrogens with one attached hydrogen (secondary N) is 1. The molecule has 1 atom stereocenters. The molecule has 0 aromatic heterocycles. The van der Waals surface area contributed by atoms with Gasteiger partial charge in [0.2, 0.25) is 0 Å². The zero-order valence-electron chi connectivity index (χ0n) is 11.6. The predicted molar refractivity (Wildman–Crippen MR) is 78.5 cm³/mol. The summed E-state index contributed by atoms with van der Waals surface area (Å²) >= 11 is 0. The predicted octanol–water partition coefficient (Wildman–Crippen LogP) is 0.786. The molecule has 0 saturated carbocycles. The van der Waals surface area contributed by atoms with Crippen LogP contribution in [0.5, 0.6) is 5.75 Å². The highest BCUT2D eigenvalue weighted by atomic mass is 32.2. The summed E-state index contributed by atoms with van der Waals surface area (Å²) in [5, 5.41) is 3.08. The molecule has 6 nitrogen and oxygen atoms in total. The molecule has 0 aliphatic carbocycles. The van der Waals surface area contributed by atoms with E-state index in [1.165, 1.54) is 0 Å². The lowest BCUT2D eigenvalue weighted by Crippen LogP contribution is -2.26. The van der Waals surface area contributed by atoms with Crippen molar-refractivity contribution in [3.63, 3.8) is 0 Å². The van der Waals surface area contributed by atoms with Crippen LogP contribution in [-0.2, 0) is 14.6 Å². The summed E-state index contributed by atoms with van der Waals surface area (Å²) in [6, 6.07) is 6.72. The largest absolute Gasteiger partial charge is 0.484 e. The minimum atomic E-state index is -3.03. The maximum absolute atomic E-state index is 11.5. The summed E-state index contributed by atoms with van der Waals surface area (Å²) in [5.74, 6) is 0.140. The number of benzene rings is 1. The smallest absolute Gasteiger partial charge is 0.255 e. The van der Waals surface area contributed by atoms with Crippen LogP contribution in [0.25, 0.3) is 0 Å². The van der Waals surface area contributed by atoms with Crippen molar-refractivity contribution in [3.8, 4) is 5.75 Å². The third kappa shape index (κ3) is 5.92. The summed E-state index contributed by atoms with van der Waals surface area (Å²) in [5.41, 5.74) is 5.73. The topological polar surface area (TPSA) is 98.5 Å². The Bertz CT molecular complexity index is 557. The Balaban J connectivity index is 2.63. The fraction of sp³-hybridized carbons (Fsp3) is 0.462. The molecule has 0 fully saturated rings. The van der Waals surface area contributed by atoms with E-state index in [0.29, 0.717) is 5.75 Å². The van der Waals surface area contributed by atoms with Crippen LogP contribution in [-0.4, -0.2) is 38.5 Å². The number of amides is 1. The van der Waals surface area contributed by atoms with E-state index >= 15 is 0 Å². The van der Waals surface area contributed by atoms with E-state index in [2.05, 4.69) is 5.32 Å². The van der Waals surface area contributed by atoms with Crippen LogP contribution >= 0.6 is 0 Å². The fourth-order valence-corrected chi connectivity index (χ4v) is 2.74. The first-order chi connectivity index (χ1) is 9.32. The third-order valence-electron chi connectivity index (χ3n) is 2.57. The van der Waals surface area contributed by atoms with Crippen molar-refractivity contribution in [3.05, 3.63) is 24.3 Å². The molecule has 0 saturated heterocycles. The Labute approximate surface area is 119 Å². The maximum Gasteiger partial charge on any atom is 0.255 e. The highest BCUT2D eigenvalue weighted by Gasteiger charge is 2.13. The summed E-state index contributed by atoms with van der Waals surface area (Å²) < 4.78 is 28.2. The Morgan fingerprint density at radius 1 is 1.45 bits per heavy atom. The number of carbonyl (C=O) groups is 1. The number of hydrogen-bond acceptors (Lipinski definition) is 5. The molecule has 112 valence electrons. The molecule has 1 rings (SSSR count). The molecular weight excluding hydrogens is 280 g/mol. The average molecular weight is 300 g/mol. The number of rotatable bonds is 8. The number of carbonyl (C=O) groups excluding carboxylic acids is 1. The molecule has 1 amide bonds. The van der Waals surface area contributed by atoms with Crippen molar-refractivity contribution in [2.75, 3.05) is 23.4 Å². The Kier molecular flexibility index (Phi) is 5.82. The van der Waals surface area contributed by atoms with Crippen molar-refractivity contribution in [2.24, 2.45) is 5.73 Å². The van der Waals surface area contributed by atoms with Gasteiger partial charge in [-0.25, -0.2) is 8.42 Å². The molecule has 1 unspecified atom stereocenters. The second kappa shape index (κ2) is 7.14. The zero-order chi connectivity index (χ0) is 15.2. The van der Waals surface area contributed by atoms with Crippen molar-refractivity contribution < 1.29 is 17.9 Å². The van der Waals surface area contributed by atoms with Gasteiger partial charge >= 0.3 is 0 Å². The van der Waals surface area contributed by atoms with E-state index in [1.54, 1.807) is 38.1 Å². The zero-order valence-corrected chi connectivity index (χ0v) is 12.4. The molecule has 7 heteroatoms. The second-order valence-corrected chi connectivity index (χ2v) is 6.92. The second-order valence-electron chi connectivity index (χ2n) is 4.53. The van der Waals surface area contributed by atoms with Crippen LogP contribution in [0.3, 0.4) is 0 Å². The van der Waals surface area contributed by atoms with Crippen molar-refractivity contribution in [1.29, 1.82) is 0 Å². The van der Waals surface area contributed by atoms with Gasteiger partial charge in [0.15, 0.2) is 16.4 Å². The van der Waals surface area contributed by atoms with Gasteiger partial charge in [-0.05, 0) is 19.1 Å². The lowest BCUT2D eigenvalue weighted by molar-refractivity contribution is -0.119. The quantitative estimate of drug-likeness (QED) is 0.739. The first-order valence-corrected chi connectivity index (χ1v) is 8.12. The van der Waals surface area contributed by atoms with E-state index in [4.69, 9.17) is 10.5 Å². The van der Waals surface area contributed by atoms with Gasteiger partial charge in [0.25, 0.3) is 5.91 Å². The SMILES string of the molecule is CCS(=O)(=O)CC(C)Nc1cccc(OCC(N)=O)c1. The van der Waals surface area contributed by atoms with E-state index in [-0.39, 0.29) is 24.2 Å². The van der Waals surface area contributed by atoms with Gasteiger partial charge in [0.1, 0.15) is 5.75 Å². The summed E-state index contributed by atoms with van der Waals surface area (Å²) in [6.45, 7) is 3.23. The first-order valence-electron chi connectivity index (χ1n) is 6.30. The van der Waals surface area contributed by atoms with E-state index in [1.807, 2.05) is 0 Å². The lowest BCUT2D eigenvalue weighted by Gasteiger charge is -2.15. The minimum Gasteiger partial charge on any atom is -0.484 e. The molecule has 0 aliphatic rings. The van der Waals surface area contributed by atoms with Gasteiger partial charge in [-0.3, -0.25) is 4.79 Å². The van der Waals surface area contributed by atoms with Gasteiger partial charge in [-0.15, -0.1) is 0 Å². The maximum atomic E-state index is 11.5. The van der Waals surface area contributed by atoms with Crippen LogP contribution in [0.2, 0.25) is 0 Å². The number of ether oxygens (including phenoxy) is 1. The number of primary amides is 1. The third-order valence-corrected chi connectivity index (χ3v) is 4.46. The lowest BCUT2D eigenvalue weighted by atomic mass is 10.2. The van der Waals surface area contributed by atoms with Crippen LogP contribution < -0.4 is 15.8 Å². The average Bonchev–Trinajstić information content (AvgIpc) is 2.36. The molecule has 0 heterocycles. The molecular formula is C13H20N2O4S. The van der Waals surface area contributed by atoms with Gasteiger partial charge in [0.05, 0.1) is 5.75 Å². The molecule has 3 N–H and O–H groups in total. The molecule has 0 radical (unpaired) electrons. The van der Waals surface area contributed by atoms with Gasteiger partial charge in [0, 0.05) is 23.5 Å². The number of nitrogens with two attached hydrogens (primary N) is 1. The van der Waals surface area contributed by atoms with Crippen molar-refractivity contribution in [1.82, 2.24) is 0 Å². The van der Waals surface area contributed by atoms with Crippen LogP contribution in [0.4, 0.5) is 5.69 Å². The van der Waals surface area contributed by atoms with Crippen molar-refractivity contribution in [2.45, 2.75) is 19.9 Å². The number of sulfone groups is 1. The highest BCUT2D eigenvalue weighted by Crippen LogP contribution is 2.18. The highest BCUT2D eigenvalue weighted by molar-refractivity contribution is 7.91. The number of hydrogen-bond donors (Lipinski definition) is 2. The molecule has 20 heavy (non-hydrogen) atoms. The van der Waals surface area contributed by atoms with Crippen LogP contribution in [0, 0.1) is 0 Å². The van der Waals surface area contributed by atoms with Crippen molar-refractivity contribution >= 4 is 21.4 Å². The van der Waals surface area contributed by atoms with Crippen LogP contribution in [0.15, 0.2) is 24.3 Å². The Hall–Kier alpha value is -1.76. The molecule has 0 spiro atoms. The van der Waals surface area contributed by atoms with Crippen LogP contribution in [0.1, 0.15) is 13.8 Å². The monoisotopic (exact) mass is 300 g/mol. The first kappa shape index (κ1) is 16.3. The molecule has 0 aliphatic heterocycles. The number of anilines is 1. The molecule has 0 bridgehead atoms. The Morgan fingerprint density at radius 3 is 2.75 bits per heavy atom. The summed E-state index contributed by atoms with van der Waals surface area (Å²) in [7, 11) is -3.03. The van der Waals surface area contributed by atoms with E-state index < -0.39 is 15.7 Å². The van der Waals surface area contributed by atoms with Gasteiger partial charge in [-0.2, -0.15) is 0 Å². The fourth-order valence-electron chi connectivity index (χ4n) is 1.66. The Morgan fingerprint density at radius 2 is 2.15 bits per heavy atom. The summed E-state index contributed by atoms with van der Waals surface area (Å²) in [6.07, 6.45) is 0.